The van der Waals surface area contributed by atoms with Crippen molar-refractivity contribution in [2.45, 2.75) is 78.2 Å². The number of alkyl halides is 3. The number of carbonyl (C=O) groups is 1. The first-order valence-corrected chi connectivity index (χ1v) is 12.1. The highest BCUT2D eigenvalue weighted by atomic mass is 35.5. The quantitative estimate of drug-likeness (QED) is 0.123. The highest BCUT2D eigenvalue weighted by molar-refractivity contribution is 6.65. The fourth-order valence-corrected chi connectivity index (χ4v) is 3.60. The van der Waals surface area contributed by atoms with E-state index in [9.17, 15) is 18.0 Å². The molecule has 8 heteroatoms. The highest BCUT2D eigenvalue weighted by Gasteiger charge is 2.41. The zero-order valence-corrected chi connectivity index (χ0v) is 22.2. The summed E-state index contributed by atoms with van der Waals surface area (Å²) in [4.78, 5) is 17.0. The number of aliphatic imine (C=N–C) groups is 1. The Morgan fingerprint density at radius 3 is 2.47 bits per heavy atom. The Hall–Kier alpha value is -2.64. The van der Waals surface area contributed by atoms with Crippen LogP contribution in [0, 0.1) is 0 Å². The molecule has 0 bridgehead atoms. The zero-order chi connectivity index (χ0) is 27.5. The highest BCUT2D eigenvalue weighted by Crippen LogP contribution is 2.38. The van der Waals surface area contributed by atoms with Crippen molar-refractivity contribution < 1.29 is 27.1 Å². The molecular formula is C28H35ClF3NO3. The molecule has 0 aromatic carbocycles. The minimum atomic E-state index is -3.80. The van der Waals surface area contributed by atoms with Gasteiger partial charge in [0.2, 0.25) is 11.6 Å². The summed E-state index contributed by atoms with van der Waals surface area (Å²) in [7, 11) is 0. The fourth-order valence-electron chi connectivity index (χ4n) is 3.40. The van der Waals surface area contributed by atoms with Gasteiger partial charge in [-0.2, -0.15) is 8.78 Å². The Kier molecular flexibility index (Phi) is 12.4. The Morgan fingerprint density at radius 2 is 1.92 bits per heavy atom. The molecule has 1 atom stereocenters. The van der Waals surface area contributed by atoms with Crippen molar-refractivity contribution in [2.75, 3.05) is 0 Å². The minimum Gasteiger partial charge on any atom is -0.451 e. The molecule has 0 aliphatic carbocycles. The van der Waals surface area contributed by atoms with Crippen molar-refractivity contribution in [1.82, 2.24) is 0 Å². The predicted octanol–water partition coefficient (Wildman–Crippen LogP) is 9.66. The number of ketones is 1. The Labute approximate surface area is 217 Å². The van der Waals surface area contributed by atoms with Gasteiger partial charge < -0.3 is 4.42 Å². The number of halogens is 4. The largest absolute Gasteiger partial charge is 0.451 e. The van der Waals surface area contributed by atoms with Gasteiger partial charge in [0.1, 0.15) is 10.9 Å². The van der Waals surface area contributed by atoms with Crippen LogP contribution < -0.4 is 0 Å². The smallest absolute Gasteiger partial charge is 0.362 e. The molecule has 1 aromatic heterocycles. The van der Waals surface area contributed by atoms with Crippen LogP contribution in [0.2, 0.25) is 0 Å². The molecule has 0 aliphatic rings. The van der Waals surface area contributed by atoms with Crippen LogP contribution in [-0.2, 0) is 4.74 Å². The molecule has 1 rings (SSSR count). The second-order valence-electron chi connectivity index (χ2n) is 8.45. The van der Waals surface area contributed by atoms with E-state index in [0.717, 1.165) is 18.1 Å². The van der Waals surface area contributed by atoms with Gasteiger partial charge in [-0.15, -0.1) is 6.58 Å². The average Bonchev–Trinajstić information content (AvgIpc) is 3.17. The molecule has 198 valence electrons. The predicted molar refractivity (Wildman–Crippen MR) is 142 cm³/mol. The number of hydrogen-bond donors (Lipinski definition) is 0. The van der Waals surface area contributed by atoms with E-state index in [0.29, 0.717) is 0 Å². The lowest BCUT2D eigenvalue weighted by atomic mass is 10.0. The molecule has 0 radical (unpaired) electrons. The van der Waals surface area contributed by atoms with Gasteiger partial charge in [0.15, 0.2) is 11.5 Å². The van der Waals surface area contributed by atoms with E-state index >= 15 is 0 Å². The van der Waals surface area contributed by atoms with Gasteiger partial charge in [-0.1, -0.05) is 68.0 Å². The number of nitrogens with zero attached hydrogens (tertiary/aromatic N) is 1. The first-order chi connectivity index (χ1) is 16.8. The molecule has 36 heavy (non-hydrogen) atoms. The summed E-state index contributed by atoms with van der Waals surface area (Å²) in [5, 5.41) is 0.197. The molecule has 0 saturated carbocycles. The van der Waals surface area contributed by atoms with E-state index in [1.165, 1.54) is 26.0 Å². The summed E-state index contributed by atoms with van der Waals surface area (Å²) in [6, 6.07) is 1.45. The maximum absolute atomic E-state index is 14.5. The third kappa shape index (κ3) is 10.2. The lowest BCUT2D eigenvalue weighted by Crippen LogP contribution is -2.34. The van der Waals surface area contributed by atoms with Gasteiger partial charge in [-0.05, 0) is 38.3 Å². The first-order valence-electron chi connectivity index (χ1n) is 11.7. The second-order valence-corrected chi connectivity index (χ2v) is 8.89. The van der Waals surface area contributed by atoms with E-state index < -0.39 is 18.4 Å². The van der Waals surface area contributed by atoms with Gasteiger partial charge in [0.05, 0.1) is 6.42 Å². The van der Waals surface area contributed by atoms with Crippen molar-refractivity contribution in [3.63, 3.8) is 0 Å². The molecule has 1 heterocycles. The number of hydrogen-bond acceptors (Lipinski definition) is 4. The van der Waals surface area contributed by atoms with Crippen molar-refractivity contribution >= 4 is 33.8 Å². The maximum atomic E-state index is 14.5. The average molecular weight is 526 g/mol. The summed E-state index contributed by atoms with van der Waals surface area (Å²) < 4.78 is 53.7. The van der Waals surface area contributed by atoms with Gasteiger partial charge >= 0.3 is 6.11 Å². The summed E-state index contributed by atoms with van der Waals surface area (Å²) in [5.74, 6) is -2.69. The number of allylic oxidation sites excluding steroid dienone is 5. The molecule has 1 aromatic rings. The number of Topliss-reactive ketones (excluding diaryl/α,β-unsaturated/α-hetero) is 1. The number of carbonyl (C=O) groups excluding carboxylic acids is 1. The molecular weight excluding hydrogens is 491 g/mol. The molecule has 0 spiro atoms. The lowest BCUT2D eigenvalue weighted by Gasteiger charge is -2.27. The van der Waals surface area contributed by atoms with Crippen LogP contribution in [0.25, 0.3) is 5.57 Å². The lowest BCUT2D eigenvalue weighted by molar-refractivity contribution is -0.315. The summed E-state index contributed by atoms with van der Waals surface area (Å²) in [5.41, 5.74) is 1.42. The monoisotopic (exact) mass is 525 g/mol. The van der Waals surface area contributed by atoms with Crippen LogP contribution in [0.15, 0.2) is 70.7 Å². The summed E-state index contributed by atoms with van der Waals surface area (Å²) in [6.07, 6.45) is 1.84. The van der Waals surface area contributed by atoms with Crippen LogP contribution in [0.4, 0.5) is 18.9 Å². The normalized spacial score (nSPS) is 14.7. The summed E-state index contributed by atoms with van der Waals surface area (Å²) in [6.45, 7) is 17.9. The maximum Gasteiger partial charge on any atom is 0.362 e. The fraction of sp³-hybridized carbons (Fsp3) is 0.429. The molecule has 0 aliphatic heterocycles. The van der Waals surface area contributed by atoms with E-state index in [1.807, 2.05) is 19.9 Å². The third-order valence-electron chi connectivity index (χ3n) is 4.99. The Bertz CT molecular complexity index is 1050. The van der Waals surface area contributed by atoms with Gasteiger partial charge in [-0.25, -0.2) is 9.38 Å². The van der Waals surface area contributed by atoms with Crippen molar-refractivity contribution in [1.29, 1.82) is 0 Å². The van der Waals surface area contributed by atoms with Crippen LogP contribution in [0.5, 0.6) is 0 Å². The van der Waals surface area contributed by atoms with Gasteiger partial charge in [0.25, 0.3) is 0 Å². The molecule has 1 unspecified atom stereocenters. The molecule has 0 fully saturated rings. The van der Waals surface area contributed by atoms with E-state index in [1.54, 1.807) is 6.08 Å². The Morgan fingerprint density at radius 1 is 1.25 bits per heavy atom. The van der Waals surface area contributed by atoms with Gasteiger partial charge in [0, 0.05) is 25.3 Å². The second kappa shape index (κ2) is 14.2. The van der Waals surface area contributed by atoms with Crippen LogP contribution >= 0.6 is 11.6 Å². The molecule has 4 nitrogen and oxygen atoms in total. The van der Waals surface area contributed by atoms with Crippen molar-refractivity contribution in [3.05, 3.63) is 72.8 Å². The first kappa shape index (κ1) is 31.4. The molecule has 0 N–H and O–H groups in total. The van der Waals surface area contributed by atoms with Crippen molar-refractivity contribution in [2.24, 2.45) is 4.99 Å². The standard InChI is InChI=1S/C28H35ClF3NO3/c1-8-12-19(5)16-23(34)24-17-22(33-25(29)13-9-2)26(35-24)21(7)15-20(6)18-28(31,32)36-27(30,11-4)14-10-3/h9-10,12,14,17H,2,6-8,11,13,15-16,18H2,1,3-5H3/b14-10+,19-12+,33-25+. The van der Waals surface area contributed by atoms with E-state index in [2.05, 4.69) is 29.5 Å². The van der Waals surface area contributed by atoms with Gasteiger partial charge in [-0.3, -0.25) is 9.53 Å². The topological polar surface area (TPSA) is 51.8 Å². The van der Waals surface area contributed by atoms with E-state index in [-0.39, 0.29) is 65.0 Å². The summed E-state index contributed by atoms with van der Waals surface area (Å²) >= 11 is 6.14. The van der Waals surface area contributed by atoms with Crippen LogP contribution in [0.3, 0.4) is 0 Å². The van der Waals surface area contributed by atoms with Crippen LogP contribution in [-0.4, -0.2) is 22.9 Å². The SMILES string of the molecule is C=CC/C(Cl)=N\c1cc(C(=O)C/C(C)=C/CC)oc1C(=C)CC(=C)CC(F)(F)OC(F)(/C=C/C)CC. The van der Waals surface area contributed by atoms with Crippen molar-refractivity contribution in [3.8, 4) is 0 Å². The van der Waals surface area contributed by atoms with E-state index in [4.69, 9.17) is 16.0 Å². The number of ether oxygens (including phenoxy) is 1. The number of furan rings is 1. The number of rotatable bonds is 16. The molecule has 0 saturated heterocycles. The third-order valence-corrected chi connectivity index (χ3v) is 5.23. The van der Waals surface area contributed by atoms with Crippen LogP contribution in [0.1, 0.15) is 82.5 Å². The molecule has 0 amide bonds. The zero-order valence-electron chi connectivity index (χ0n) is 21.4. The minimum absolute atomic E-state index is 0.0297. The Balaban J connectivity index is 3.16.